The molecule has 0 unspecified atom stereocenters. The summed E-state index contributed by atoms with van der Waals surface area (Å²) < 4.78 is 97.9. The molecule has 0 saturated carbocycles. The van der Waals surface area contributed by atoms with Crippen molar-refractivity contribution in [3.05, 3.63) is 208 Å². The molecule has 9 heteroatoms. The number of aryl methyl sites for hydroxylation is 2. The zero-order chi connectivity index (χ0) is 45.9. The molecule has 0 saturated heterocycles. The summed E-state index contributed by atoms with van der Waals surface area (Å²) in [6.07, 6.45) is -9.61. The molecule has 1 spiro atoms. The highest BCUT2D eigenvalue weighted by Gasteiger charge is 2.55. The number of aromatic nitrogens is 2. The fourth-order valence-electron chi connectivity index (χ4n) is 13.1. The van der Waals surface area contributed by atoms with Crippen molar-refractivity contribution in [1.29, 1.82) is 0 Å². The second-order valence-electron chi connectivity index (χ2n) is 19.1. The molecule has 11 aromatic rings. The van der Waals surface area contributed by atoms with Crippen LogP contribution in [0.3, 0.4) is 0 Å². The summed E-state index contributed by atoms with van der Waals surface area (Å²) in [7, 11) is 0. The van der Waals surface area contributed by atoms with E-state index in [1.807, 2.05) is 65.2 Å². The molecule has 2 aromatic heterocycles. The summed E-state index contributed by atoms with van der Waals surface area (Å²) in [4.78, 5) is 0. The lowest BCUT2D eigenvalue weighted by atomic mass is 9.33. The lowest BCUT2D eigenvalue weighted by molar-refractivity contribution is -0.138. The Morgan fingerprint density at radius 3 is 1.71 bits per heavy atom. The van der Waals surface area contributed by atoms with Gasteiger partial charge in [0.1, 0.15) is 0 Å². The van der Waals surface area contributed by atoms with Crippen LogP contribution in [0, 0.1) is 13.8 Å². The van der Waals surface area contributed by atoms with Gasteiger partial charge in [-0.25, -0.2) is 0 Å². The first kappa shape index (κ1) is 38.3. The fourth-order valence-corrected chi connectivity index (χ4v) is 13.1. The normalized spacial score (nSPS) is 14.6. The summed E-state index contributed by atoms with van der Waals surface area (Å²) in [5, 5.41) is 3.09. The third-order valence-corrected chi connectivity index (χ3v) is 15.6. The van der Waals surface area contributed by atoms with Crippen molar-refractivity contribution in [2.45, 2.75) is 31.6 Å². The number of fused-ring (bicyclic) bond motifs is 13. The van der Waals surface area contributed by atoms with Gasteiger partial charge >= 0.3 is 12.4 Å². The van der Waals surface area contributed by atoms with Gasteiger partial charge in [0, 0.05) is 38.6 Å². The molecule has 1 aliphatic carbocycles. The first-order valence-electron chi connectivity index (χ1n) is 22.8. The van der Waals surface area contributed by atoms with Crippen molar-refractivity contribution in [2.24, 2.45) is 0 Å². The Morgan fingerprint density at radius 1 is 0.456 bits per heavy atom. The number of nitrogens with zero attached hydrogens (tertiary/aromatic N) is 2. The number of alkyl halides is 6. The van der Waals surface area contributed by atoms with Gasteiger partial charge in [-0.1, -0.05) is 145 Å². The van der Waals surface area contributed by atoms with Gasteiger partial charge in [0.15, 0.2) is 0 Å². The standard InChI is InChI=1S/C59H33BF6N2/c1-30-15-19-32(20-16-30)49-42-25-34-9-3-4-10-37(34)50-55(42)67(52(49)33-21-17-31(2)18-22-33)48-24-23-45-56-51(48)60(50)47-29-36(59(64,65)66)27-41-40-26-35(58(61,62)63)28-46(53(40)68(56)54(41)47)57(45)43-13-7-5-11-38(43)39-12-6-8-14-44(39)57/h3-29H,1-2H3. The highest BCUT2D eigenvalue weighted by Crippen LogP contribution is 2.62. The van der Waals surface area contributed by atoms with E-state index in [0.717, 1.165) is 117 Å². The van der Waals surface area contributed by atoms with Crippen LogP contribution >= 0.6 is 0 Å². The minimum Gasteiger partial charge on any atom is -0.310 e. The van der Waals surface area contributed by atoms with Gasteiger partial charge in [-0.2, -0.15) is 26.3 Å². The fraction of sp³-hybridized carbons (Fsp3) is 0.0847. The predicted molar refractivity (Wildman–Crippen MR) is 261 cm³/mol. The highest BCUT2D eigenvalue weighted by atomic mass is 19.4. The molecule has 0 bridgehead atoms. The number of rotatable bonds is 2. The maximum atomic E-state index is 15.6. The van der Waals surface area contributed by atoms with Crippen molar-refractivity contribution in [2.75, 3.05) is 0 Å². The average Bonchev–Trinajstić information content (AvgIpc) is 3.96. The lowest BCUT2D eigenvalue weighted by Gasteiger charge is -2.44. The minimum absolute atomic E-state index is 0.144. The van der Waals surface area contributed by atoms with E-state index in [1.165, 1.54) is 12.1 Å². The molecule has 2 nitrogen and oxygen atoms in total. The van der Waals surface area contributed by atoms with E-state index in [2.05, 4.69) is 97.3 Å². The third-order valence-electron chi connectivity index (χ3n) is 15.6. The van der Waals surface area contributed by atoms with Crippen LogP contribution in [0.2, 0.25) is 0 Å². The molecule has 9 aromatic carbocycles. The molecule has 0 radical (unpaired) electrons. The molecule has 0 amide bonds. The highest BCUT2D eigenvalue weighted by molar-refractivity contribution is 7.01. The summed E-state index contributed by atoms with van der Waals surface area (Å²) in [6, 6.07) is 52.0. The second kappa shape index (κ2) is 12.4. The van der Waals surface area contributed by atoms with E-state index < -0.39 is 35.6 Å². The average molecular weight is 895 g/mol. The van der Waals surface area contributed by atoms with Gasteiger partial charge in [-0.15, -0.1) is 0 Å². The molecule has 0 N–H and O–H groups in total. The third kappa shape index (κ3) is 4.48. The summed E-state index contributed by atoms with van der Waals surface area (Å²) in [6.45, 7) is 3.37. The molecule has 324 valence electrons. The van der Waals surface area contributed by atoms with Crippen LogP contribution in [0.4, 0.5) is 26.3 Å². The Bertz CT molecular complexity index is 4090. The molecule has 4 aliphatic rings. The molecular formula is C59H33BF6N2. The van der Waals surface area contributed by atoms with Crippen LogP contribution < -0.4 is 16.4 Å². The monoisotopic (exact) mass is 894 g/mol. The van der Waals surface area contributed by atoms with Gasteiger partial charge < -0.3 is 9.13 Å². The zero-order valence-electron chi connectivity index (χ0n) is 36.3. The number of hydrogen-bond acceptors (Lipinski definition) is 0. The first-order chi connectivity index (χ1) is 32.8. The summed E-state index contributed by atoms with van der Waals surface area (Å²) in [5.74, 6) is 0. The van der Waals surface area contributed by atoms with E-state index in [0.29, 0.717) is 22.1 Å². The smallest absolute Gasteiger partial charge is 0.310 e. The number of benzene rings is 9. The molecule has 15 rings (SSSR count). The van der Waals surface area contributed by atoms with Crippen LogP contribution in [0.1, 0.15) is 44.5 Å². The topological polar surface area (TPSA) is 9.86 Å². The summed E-state index contributed by atoms with van der Waals surface area (Å²) >= 11 is 0. The lowest BCUT2D eigenvalue weighted by Crippen LogP contribution is -2.61. The molecule has 0 atom stereocenters. The van der Waals surface area contributed by atoms with E-state index in [1.54, 1.807) is 0 Å². The Balaban J connectivity index is 1.23. The van der Waals surface area contributed by atoms with Crippen LogP contribution in [0.25, 0.3) is 88.4 Å². The van der Waals surface area contributed by atoms with E-state index >= 15 is 26.3 Å². The Kier molecular flexibility index (Phi) is 6.99. The first-order valence-corrected chi connectivity index (χ1v) is 22.8. The predicted octanol–water partition coefficient (Wildman–Crippen LogP) is 13.7. The Labute approximate surface area is 385 Å². The van der Waals surface area contributed by atoms with Crippen LogP contribution in [0.5, 0.6) is 0 Å². The number of hydrogen-bond donors (Lipinski definition) is 0. The van der Waals surface area contributed by atoms with Crippen molar-refractivity contribution < 1.29 is 26.3 Å². The van der Waals surface area contributed by atoms with Crippen molar-refractivity contribution >= 4 is 66.6 Å². The molecule has 5 heterocycles. The number of halogens is 6. The second-order valence-corrected chi connectivity index (χ2v) is 19.1. The van der Waals surface area contributed by atoms with Gasteiger partial charge in [-0.05, 0) is 116 Å². The van der Waals surface area contributed by atoms with E-state index in [9.17, 15) is 0 Å². The van der Waals surface area contributed by atoms with Gasteiger partial charge in [0.05, 0.1) is 33.3 Å². The molecular weight excluding hydrogens is 861 g/mol. The Hall–Kier alpha value is -7.78. The van der Waals surface area contributed by atoms with Crippen LogP contribution in [0.15, 0.2) is 164 Å². The SMILES string of the molecule is Cc1ccc(-c2c(-c3ccc(C)cc3)n3c4c(c5ccccc5cc24)B2c4c-3ccc3c4-n4c5c2cc(C(F)(F)F)cc5c2cc(C(F)(F)F)cc(c24)C32c3ccccc3-c3ccccc32)cc1. The molecule has 3 aliphatic heterocycles. The molecule has 68 heavy (non-hydrogen) atoms. The van der Waals surface area contributed by atoms with Crippen LogP contribution in [-0.2, 0) is 17.8 Å². The minimum atomic E-state index is -4.81. The quantitative estimate of drug-likeness (QED) is 0.121. The van der Waals surface area contributed by atoms with Gasteiger partial charge in [-0.3, -0.25) is 0 Å². The van der Waals surface area contributed by atoms with Crippen molar-refractivity contribution in [3.63, 3.8) is 0 Å². The van der Waals surface area contributed by atoms with Gasteiger partial charge in [0.2, 0.25) is 0 Å². The van der Waals surface area contributed by atoms with Gasteiger partial charge in [0.25, 0.3) is 6.71 Å². The maximum absolute atomic E-state index is 15.6. The zero-order valence-corrected chi connectivity index (χ0v) is 36.3. The van der Waals surface area contributed by atoms with Crippen LogP contribution in [-0.4, -0.2) is 15.8 Å². The van der Waals surface area contributed by atoms with E-state index in [4.69, 9.17) is 0 Å². The largest absolute Gasteiger partial charge is 0.416 e. The van der Waals surface area contributed by atoms with Crippen molar-refractivity contribution in [3.8, 4) is 44.9 Å². The maximum Gasteiger partial charge on any atom is 0.416 e. The summed E-state index contributed by atoms with van der Waals surface area (Å²) in [5.41, 5.74) is 13.3. The molecule has 0 fully saturated rings. The van der Waals surface area contributed by atoms with E-state index in [-0.39, 0.29) is 10.8 Å². The Morgan fingerprint density at radius 2 is 1.04 bits per heavy atom. The van der Waals surface area contributed by atoms with Crippen molar-refractivity contribution in [1.82, 2.24) is 9.13 Å².